The molecule has 116 valence electrons. The fourth-order valence-electron chi connectivity index (χ4n) is 2.42. The van der Waals surface area contributed by atoms with Gasteiger partial charge in [0.1, 0.15) is 12.4 Å². The maximum absolute atomic E-state index is 11.5. The standard InChI is InChI=1S/C18H15ClN2O2/c19-16-10-13(18(22)21-20)8-9-17(16)23-11-14-6-3-5-12-4-1-2-7-15(12)14/h1-10H,11,20H2,(H,21,22). The lowest BCUT2D eigenvalue weighted by Crippen LogP contribution is -2.29. The zero-order valence-electron chi connectivity index (χ0n) is 12.3. The molecule has 0 aliphatic carbocycles. The molecule has 0 unspecified atom stereocenters. The zero-order chi connectivity index (χ0) is 16.2. The van der Waals surface area contributed by atoms with Gasteiger partial charge in [-0.05, 0) is 34.5 Å². The van der Waals surface area contributed by atoms with Gasteiger partial charge in [0, 0.05) is 5.56 Å². The molecule has 23 heavy (non-hydrogen) atoms. The van der Waals surface area contributed by atoms with Crippen LogP contribution < -0.4 is 16.0 Å². The maximum Gasteiger partial charge on any atom is 0.265 e. The molecule has 0 aliphatic heterocycles. The van der Waals surface area contributed by atoms with Gasteiger partial charge in [-0.1, -0.05) is 54.1 Å². The molecule has 0 saturated carbocycles. The number of carbonyl (C=O) groups excluding carboxylic acids is 1. The molecule has 3 aromatic rings. The lowest BCUT2D eigenvalue weighted by atomic mass is 10.1. The van der Waals surface area contributed by atoms with Gasteiger partial charge in [-0.2, -0.15) is 0 Å². The Labute approximate surface area is 138 Å². The summed E-state index contributed by atoms with van der Waals surface area (Å²) in [5, 5.41) is 2.67. The van der Waals surface area contributed by atoms with Crippen molar-refractivity contribution in [3.05, 3.63) is 76.8 Å². The molecular weight excluding hydrogens is 312 g/mol. The van der Waals surface area contributed by atoms with Gasteiger partial charge in [0.2, 0.25) is 0 Å². The molecule has 4 nitrogen and oxygen atoms in total. The molecule has 3 aromatic carbocycles. The number of hydrazine groups is 1. The number of hydrogen-bond acceptors (Lipinski definition) is 3. The third-order valence-corrected chi connectivity index (χ3v) is 3.88. The molecule has 0 spiro atoms. The predicted octanol–water partition coefficient (Wildman–Crippen LogP) is 3.68. The number of hydrogen-bond donors (Lipinski definition) is 2. The van der Waals surface area contributed by atoms with E-state index in [1.54, 1.807) is 12.1 Å². The van der Waals surface area contributed by atoms with Gasteiger partial charge < -0.3 is 4.74 Å². The topological polar surface area (TPSA) is 64.3 Å². The van der Waals surface area contributed by atoms with E-state index in [0.717, 1.165) is 16.3 Å². The first-order valence-electron chi connectivity index (χ1n) is 7.09. The largest absolute Gasteiger partial charge is 0.487 e. The number of fused-ring (bicyclic) bond motifs is 1. The summed E-state index contributed by atoms with van der Waals surface area (Å²) in [5.41, 5.74) is 3.52. The summed E-state index contributed by atoms with van der Waals surface area (Å²) in [6, 6.07) is 19.0. The first-order chi connectivity index (χ1) is 11.2. The molecule has 0 aliphatic rings. The van der Waals surface area contributed by atoms with E-state index in [1.165, 1.54) is 6.07 Å². The zero-order valence-corrected chi connectivity index (χ0v) is 13.0. The molecule has 0 atom stereocenters. The number of rotatable bonds is 4. The van der Waals surface area contributed by atoms with E-state index in [2.05, 4.69) is 23.6 Å². The smallest absolute Gasteiger partial charge is 0.265 e. The van der Waals surface area contributed by atoms with Crippen molar-refractivity contribution in [2.45, 2.75) is 6.61 Å². The Morgan fingerprint density at radius 1 is 1.09 bits per heavy atom. The minimum Gasteiger partial charge on any atom is -0.487 e. The van der Waals surface area contributed by atoms with Crippen molar-refractivity contribution in [3.8, 4) is 5.75 Å². The summed E-state index contributed by atoms with van der Waals surface area (Å²) in [5.74, 6) is 5.23. The highest BCUT2D eigenvalue weighted by Crippen LogP contribution is 2.27. The van der Waals surface area contributed by atoms with Crippen molar-refractivity contribution in [2.24, 2.45) is 5.84 Å². The highest BCUT2D eigenvalue weighted by Gasteiger charge is 2.09. The third kappa shape index (κ3) is 3.28. The molecule has 0 saturated heterocycles. The van der Waals surface area contributed by atoms with E-state index < -0.39 is 5.91 Å². The number of amides is 1. The molecule has 0 aromatic heterocycles. The Balaban J connectivity index is 1.81. The van der Waals surface area contributed by atoms with E-state index >= 15 is 0 Å². The van der Waals surface area contributed by atoms with Crippen LogP contribution in [0.5, 0.6) is 5.75 Å². The third-order valence-electron chi connectivity index (χ3n) is 3.59. The van der Waals surface area contributed by atoms with Crippen LogP contribution in [0.2, 0.25) is 5.02 Å². The van der Waals surface area contributed by atoms with Crippen LogP contribution in [0.25, 0.3) is 10.8 Å². The summed E-state index contributed by atoms with van der Waals surface area (Å²) in [6.45, 7) is 0.392. The highest BCUT2D eigenvalue weighted by molar-refractivity contribution is 6.32. The van der Waals surface area contributed by atoms with Crippen LogP contribution in [-0.4, -0.2) is 5.91 Å². The van der Waals surface area contributed by atoms with Gasteiger partial charge in [-0.3, -0.25) is 10.2 Å². The van der Waals surface area contributed by atoms with Gasteiger partial charge in [0.15, 0.2) is 0 Å². The van der Waals surface area contributed by atoms with Crippen LogP contribution >= 0.6 is 11.6 Å². The lowest BCUT2D eigenvalue weighted by molar-refractivity contribution is 0.0953. The first kappa shape index (κ1) is 15.3. The molecule has 0 heterocycles. The summed E-state index contributed by atoms with van der Waals surface area (Å²) >= 11 is 6.17. The SMILES string of the molecule is NNC(=O)c1ccc(OCc2cccc3ccccc23)c(Cl)c1. The van der Waals surface area contributed by atoms with Gasteiger partial charge >= 0.3 is 0 Å². The number of nitrogens with two attached hydrogens (primary N) is 1. The van der Waals surface area contributed by atoms with Crippen LogP contribution in [0, 0.1) is 0 Å². The van der Waals surface area contributed by atoms with Crippen LogP contribution in [0.3, 0.4) is 0 Å². The average Bonchev–Trinajstić information content (AvgIpc) is 2.60. The number of carbonyl (C=O) groups is 1. The molecule has 0 bridgehead atoms. The summed E-state index contributed by atoms with van der Waals surface area (Å²) in [7, 11) is 0. The van der Waals surface area contributed by atoms with Crippen LogP contribution in [0.15, 0.2) is 60.7 Å². The second kappa shape index (κ2) is 6.69. The van der Waals surface area contributed by atoms with Crippen LogP contribution in [0.4, 0.5) is 0 Å². The van der Waals surface area contributed by atoms with E-state index in [1.807, 2.05) is 24.3 Å². The van der Waals surface area contributed by atoms with Gasteiger partial charge in [0.05, 0.1) is 5.02 Å². The molecule has 1 amide bonds. The minimum absolute atomic E-state index is 0.367. The average molecular weight is 327 g/mol. The summed E-state index contributed by atoms with van der Waals surface area (Å²) < 4.78 is 5.80. The number of nitrogens with one attached hydrogen (secondary N) is 1. The Hall–Kier alpha value is -2.56. The first-order valence-corrected chi connectivity index (χ1v) is 7.47. The Bertz CT molecular complexity index is 859. The molecule has 3 N–H and O–H groups in total. The highest BCUT2D eigenvalue weighted by atomic mass is 35.5. The Morgan fingerprint density at radius 2 is 1.87 bits per heavy atom. The second-order valence-electron chi connectivity index (χ2n) is 5.05. The number of halogens is 1. The van der Waals surface area contributed by atoms with Crippen molar-refractivity contribution >= 4 is 28.3 Å². The van der Waals surface area contributed by atoms with E-state index in [9.17, 15) is 4.79 Å². The van der Waals surface area contributed by atoms with Crippen molar-refractivity contribution in [1.29, 1.82) is 0 Å². The van der Waals surface area contributed by atoms with E-state index in [-0.39, 0.29) is 0 Å². The number of ether oxygens (including phenoxy) is 1. The lowest BCUT2D eigenvalue weighted by Gasteiger charge is -2.11. The summed E-state index contributed by atoms with van der Waals surface area (Å²) in [6.07, 6.45) is 0. The van der Waals surface area contributed by atoms with Crippen molar-refractivity contribution in [2.75, 3.05) is 0 Å². The van der Waals surface area contributed by atoms with Gasteiger partial charge in [-0.15, -0.1) is 0 Å². The Morgan fingerprint density at radius 3 is 2.65 bits per heavy atom. The van der Waals surface area contributed by atoms with E-state index in [4.69, 9.17) is 22.2 Å². The van der Waals surface area contributed by atoms with E-state index in [0.29, 0.717) is 22.9 Å². The maximum atomic E-state index is 11.5. The number of benzene rings is 3. The molecular formula is C18H15ClN2O2. The van der Waals surface area contributed by atoms with Crippen molar-refractivity contribution in [1.82, 2.24) is 5.43 Å². The van der Waals surface area contributed by atoms with Crippen molar-refractivity contribution < 1.29 is 9.53 Å². The minimum atomic E-state index is -0.396. The monoisotopic (exact) mass is 326 g/mol. The predicted molar refractivity (Wildman–Crippen MR) is 91.4 cm³/mol. The molecule has 0 fully saturated rings. The normalized spacial score (nSPS) is 10.5. The van der Waals surface area contributed by atoms with Crippen molar-refractivity contribution in [3.63, 3.8) is 0 Å². The van der Waals surface area contributed by atoms with Crippen LogP contribution in [0.1, 0.15) is 15.9 Å². The van der Waals surface area contributed by atoms with Crippen LogP contribution in [-0.2, 0) is 6.61 Å². The summed E-state index contributed by atoms with van der Waals surface area (Å²) in [4.78, 5) is 11.5. The van der Waals surface area contributed by atoms with Gasteiger partial charge in [-0.25, -0.2) is 5.84 Å². The molecule has 3 rings (SSSR count). The van der Waals surface area contributed by atoms with Gasteiger partial charge in [0.25, 0.3) is 5.91 Å². The Kier molecular flexibility index (Phi) is 4.46. The fourth-order valence-corrected chi connectivity index (χ4v) is 2.65. The molecule has 5 heteroatoms. The second-order valence-corrected chi connectivity index (χ2v) is 5.45. The number of nitrogen functional groups attached to an aromatic ring is 1. The molecule has 0 radical (unpaired) electrons. The fraction of sp³-hybridized carbons (Fsp3) is 0.0556. The quantitative estimate of drug-likeness (QED) is 0.437.